The van der Waals surface area contributed by atoms with Gasteiger partial charge in [0.25, 0.3) is 0 Å². The van der Waals surface area contributed by atoms with E-state index in [1.54, 1.807) is 12.1 Å². The summed E-state index contributed by atoms with van der Waals surface area (Å²) in [6.07, 6.45) is 2.37. The molecule has 1 aliphatic rings. The second-order valence-corrected chi connectivity index (χ2v) is 9.07. The number of nitrogens with one attached hydrogen (secondary N) is 2. The number of hydrogen-bond acceptors (Lipinski definition) is 3. The highest BCUT2D eigenvalue weighted by molar-refractivity contribution is 6.33. The molecule has 2 aromatic carbocycles. The fourth-order valence-corrected chi connectivity index (χ4v) is 3.79. The minimum absolute atomic E-state index is 0.0326. The van der Waals surface area contributed by atoms with Gasteiger partial charge in [0.15, 0.2) is 5.78 Å². The number of hydrogen-bond donors (Lipinski definition) is 2. The largest absolute Gasteiger partial charge is 0.379 e. The second-order valence-electron chi connectivity index (χ2n) is 8.66. The smallest absolute Gasteiger partial charge is 0.163 e. The molecule has 0 saturated heterocycles. The predicted octanol–water partition coefficient (Wildman–Crippen LogP) is 5.75. The van der Waals surface area contributed by atoms with Gasteiger partial charge in [-0.25, -0.2) is 4.39 Å². The minimum atomic E-state index is -0.368. The van der Waals surface area contributed by atoms with Crippen molar-refractivity contribution < 1.29 is 9.18 Å². The molecular formula is C23H28ClFN2O. The Bertz CT molecular complexity index is 874. The van der Waals surface area contributed by atoms with E-state index in [9.17, 15) is 9.18 Å². The van der Waals surface area contributed by atoms with Crippen LogP contribution in [-0.4, -0.2) is 12.3 Å². The number of benzene rings is 2. The number of rotatable bonds is 5. The summed E-state index contributed by atoms with van der Waals surface area (Å²) in [6.45, 7) is 8.12. The van der Waals surface area contributed by atoms with Crippen molar-refractivity contribution in [3.05, 3.63) is 63.4 Å². The molecule has 0 atom stereocenters. The second kappa shape index (κ2) is 8.62. The van der Waals surface area contributed by atoms with Crippen molar-refractivity contribution in [3.63, 3.8) is 0 Å². The van der Waals surface area contributed by atoms with E-state index in [4.69, 9.17) is 11.6 Å². The number of halogens is 2. The first kappa shape index (κ1) is 20.8. The van der Waals surface area contributed by atoms with Crippen LogP contribution in [-0.2, 0) is 19.5 Å². The monoisotopic (exact) mass is 402 g/mol. The minimum Gasteiger partial charge on any atom is -0.379 e. The number of Topliss-reactive ketones (excluding diaryl/α,β-unsaturated/α-hetero) is 1. The molecule has 0 fully saturated rings. The lowest BCUT2D eigenvalue weighted by molar-refractivity contribution is 0.0939. The summed E-state index contributed by atoms with van der Waals surface area (Å²) in [5.74, 6) is -0.401. The molecule has 0 bridgehead atoms. The lowest BCUT2D eigenvalue weighted by Crippen LogP contribution is -2.14. The Morgan fingerprint density at radius 2 is 2.04 bits per heavy atom. The van der Waals surface area contributed by atoms with Crippen LogP contribution >= 0.6 is 11.6 Å². The molecule has 0 unspecified atom stereocenters. The molecule has 3 rings (SSSR count). The standard InChI is InChI=1S/C23H28ClFN2O/c1-23(2,3)12-21(28)15-6-7-17(20(25)11-15)14-27-22-18-5-4-10-26-13-16(18)8-9-19(22)24/h6-9,11,26-27H,4-5,10,12-14H2,1-3H3. The van der Waals surface area contributed by atoms with Crippen molar-refractivity contribution in [1.29, 1.82) is 0 Å². The maximum absolute atomic E-state index is 14.6. The molecule has 3 nitrogen and oxygen atoms in total. The molecule has 5 heteroatoms. The van der Waals surface area contributed by atoms with Crippen molar-refractivity contribution in [2.24, 2.45) is 5.41 Å². The Morgan fingerprint density at radius 1 is 1.25 bits per heavy atom. The average Bonchev–Trinajstić information content (AvgIpc) is 2.86. The zero-order valence-electron chi connectivity index (χ0n) is 16.8. The summed E-state index contributed by atoms with van der Waals surface area (Å²) in [4.78, 5) is 12.3. The molecular weight excluding hydrogens is 375 g/mol. The van der Waals surface area contributed by atoms with Gasteiger partial charge in [-0.3, -0.25) is 4.79 Å². The molecule has 0 aromatic heterocycles. The van der Waals surface area contributed by atoms with Crippen molar-refractivity contribution in [2.45, 2.75) is 53.1 Å². The lowest BCUT2D eigenvalue weighted by atomic mass is 9.87. The van der Waals surface area contributed by atoms with E-state index in [0.29, 0.717) is 29.1 Å². The van der Waals surface area contributed by atoms with Gasteiger partial charge in [-0.05, 0) is 48.1 Å². The first-order chi connectivity index (χ1) is 13.2. The van der Waals surface area contributed by atoms with Gasteiger partial charge in [0.2, 0.25) is 0 Å². The normalized spacial score (nSPS) is 14.3. The van der Waals surface area contributed by atoms with E-state index in [1.165, 1.54) is 17.2 Å². The van der Waals surface area contributed by atoms with Crippen molar-refractivity contribution in [3.8, 4) is 0 Å². The van der Waals surface area contributed by atoms with E-state index in [1.807, 2.05) is 26.8 Å². The summed E-state index contributed by atoms with van der Waals surface area (Å²) in [7, 11) is 0. The van der Waals surface area contributed by atoms with Gasteiger partial charge < -0.3 is 10.6 Å². The van der Waals surface area contributed by atoms with Crippen LogP contribution in [0, 0.1) is 11.2 Å². The molecule has 28 heavy (non-hydrogen) atoms. The van der Waals surface area contributed by atoms with Gasteiger partial charge in [0.1, 0.15) is 5.82 Å². The molecule has 1 aliphatic heterocycles. The maximum Gasteiger partial charge on any atom is 0.163 e. The Morgan fingerprint density at radius 3 is 2.75 bits per heavy atom. The molecule has 150 valence electrons. The summed E-state index contributed by atoms with van der Waals surface area (Å²) < 4.78 is 14.6. The molecule has 1 heterocycles. The summed E-state index contributed by atoms with van der Waals surface area (Å²) in [5, 5.41) is 7.38. The van der Waals surface area contributed by atoms with Crippen LogP contribution in [0.15, 0.2) is 30.3 Å². The quantitative estimate of drug-likeness (QED) is 0.626. The van der Waals surface area contributed by atoms with Gasteiger partial charge in [-0.1, -0.05) is 50.6 Å². The van der Waals surface area contributed by atoms with E-state index in [2.05, 4.69) is 16.7 Å². The first-order valence-electron chi connectivity index (χ1n) is 9.81. The van der Waals surface area contributed by atoms with E-state index >= 15 is 0 Å². The van der Waals surface area contributed by atoms with Crippen LogP contribution in [0.2, 0.25) is 5.02 Å². The lowest BCUT2D eigenvalue weighted by Gasteiger charge is -2.18. The maximum atomic E-state index is 14.6. The topological polar surface area (TPSA) is 41.1 Å². The molecule has 2 N–H and O–H groups in total. The van der Waals surface area contributed by atoms with Gasteiger partial charge >= 0.3 is 0 Å². The molecule has 0 spiro atoms. The molecule has 0 aliphatic carbocycles. The number of carbonyl (C=O) groups is 1. The zero-order valence-corrected chi connectivity index (χ0v) is 17.5. The molecule has 2 aromatic rings. The number of fused-ring (bicyclic) bond motifs is 1. The van der Waals surface area contributed by atoms with E-state index < -0.39 is 0 Å². The van der Waals surface area contributed by atoms with Crippen LogP contribution in [0.1, 0.15) is 60.7 Å². The average molecular weight is 403 g/mol. The molecule has 0 amide bonds. The van der Waals surface area contributed by atoms with Crippen molar-refractivity contribution in [2.75, 3.05) is 11.9 Å². The van der Waals surface area contributed by atoms with E-state index in [-0.39, 0.29) is 17.0 Å². The highest BCUT2D eigenvalue weighted by Gasteiger charge is 2.19. The van der Waals surface area contributed by atoms with Gasteiger partial charge in [0.05, 0.1) is 10.7 Å². The zero-order chi connectivity index (χ0) is 20.3. The van der Waals surface area contributed by atoms with Gasteiger partial charge in [0, 0.05) is 30.6 Å². The highest BCUT2D eigenvalue weighted by Crippen LogP contribution is 2.32. The Balaban J connectivity index is 1.76. The third kappa shape index (κ3) is 5.12. The SMILES string of the molecule is CC(C)(C)CC(=O)c1ccc(CNc2c(Cl)ccc3c2CCCNC3)c(F)c1. The summed E-state index contributed by atoms with van der Waals surface area (Å²) in [5.41, 5.74) is 4.14. The Kier molecular flexibility index (Phi) is 6.41. The van der Waals surface area contributed by atoms with Crippen molar-refractivity contribution in [1.82, 2.24) is 5.32 Å². The first-order valence-corrected chi connectivity index (χ1v) is 10.2. The molecule has 0 radical (unpaired) electrons. The summed E-state index contributed by atoms with van der Waals surface area (Å²) in [6, 6.07) is 8.69. The third-order valence-corrected chi connectivity index (χ3v) is 5.29. The molecule has 0 saturated carbocycles. The van der Waals surface area contributed by atoms with Crippen LogP contribution < -0.4 is 10.6 Å². The van der Waals surface area contributed by atoms with Crippen LogP contribution in [0.4, 0.5) is 10.1 Å². The fourth-order valence-electron chi connectivity index (χ4n) is 3.55. The van der Waals surface area contributed by atoms with Crippen LogP contribution in [0.25, 0.3) is 0 Å². The Hall–Kier alpha value is -1.91. The predicted molar refractivity (Wildman–Crippen MR) is 114 cm³/mol. The summed E-state index contributed by atoms with van der Waals surface area (Å²) >= 11 is 6.43. The fraction of sp³-hybridized carbons (Fsp3) is 0.435. The number of ketones is 1. The van der Waals surface area contributed by atoms with Crippen LogP contribution in [0.5, 0.6) is 0 Å². The van der Waals surface area contributed by atoms with Gasteiger partial charge in [-0.2, -0.15) is 0 Å². The van der Waals surface area contributed by atoms with Crippen LogP contribution in [0.3, 0.4) is 0 Å². The Labute approximate surface area is 171 Å². The number of anilines is 1. The van der Waals surface area contributed by atoms with Crippen molar-refractivity contribution >= 4 is 23.1 Å². The third-order valence-electron chi connectivity index (χ3n) is 4.98. The van der Waals surface area contributed by atoms with Gasteiger partial charge in [-0.15, -0.1) is 0 Å². The van der Waals surface area contributed by atoms with E-state index in [0.717, 1.165) is 31.6 Å². The highest BCUT2D eigenvalue weighted by atomic mass is 35.5. The number of carbonyl (C=O) groups excluding carboxylic acids is 1.